The molecule has 3 N–H and O–H groups in total. The van der Waals surface area contributed by atoms with Crippen LogP contribution in [0.25, 0.3) is 0 Å². The summed E-state index contributed by atoms with van der Waals surface area (Å²) in [6.45, 7) is 3.35. The summed E-state index contributed by atoms with van der Waals surface area (Å²) in [5.74, 6) is -1.96. The topological polar surface area (TPSA) is 133 Å². The first kappa shape index (κ1) is 27.8. The Balaban J connectivity index is 1.74. The lowest BCUT2D eigenvalue weighted by atomic mass is 9.81. The Morgan fingerprint density at radius 3 is 2.47 bits per heavy atom. The van der Waals surface area contributed by atoms with Crippen molar-refractivity contribution >= 4 is 27.7 Å². The summed E-state index contributed by atoms with van der Waals surface area (Å²) >= 11 is 0. The van der Waals surface area contributed by atoms with Gasteiger partial charge >= 0.3 is 12.3 Å². The minimum Gasteiger partial charge on any atom is -0.465 e. The standard InChI is InChI=1S/C23H30F3N3O6S/c1-13(2)36(34,35)12-15-11-17(27-22(32)33)6-7-19(15)29-9-8-18(21(29)31)28-20(30)14-4-3-5-16(10-14)23(24,25)26/h3-5,10,13,15,17-19,27H,6-9,11-12H2,1-2H3,(H,28,30)(H,32,33)/t15-,17+,18-,19-/m0/s1. The Labute approximate surface area is 207 Å². The van der Waals surface area contributed by atoms with Gasteiger partial charge in [0.2, 0.25) is 5.91 Å². The van der Waals surface area contributed by atoms with Crippen molar-refractivity contribution in [3.8, 4) is 0 Å². The Hall–Kier alpha value is -2.83. The molecule has 1 saturated carbocycles. The highest BCUT2D eigenvalue weighted by Gasteiger charge is 2.44. The predicted molar refractivity (Wildman–Crippen MR) is 124 cm³/mol. The van der Waals surface area contributed by atoms with Crippen LogP contribution >= 0.6 is 0 Å². The number of halogens is 3. The van der Waals surface area contributed by atoms with Crippen molar-refractivity contribution in [1.29, 1.82) is 0 Å². The maximum Gasteiger partial charge on any atom is 0.416 e. The molecular weight excluding hydrogens is 503 g/mol. The first-order valence-corrected chi connectivity index (χ1v) is 13.4. The van der Waals surface area contributed by atoms with Gasteiger partial charge < -0.3 is 20.6 Å². The normalized spacial score (nSPS) is 25.2. The lowest BCUT2D eigenvalue weighted by Crippen LogP contribution is -2.53. The van der Waals surface area contributed by atoms with E-state index in [0.29, 0.717) is 12.8 Å². The van der Waals surface area contributed by atoms with Crippen LogP contribution in [-0.4, -0.2) is 72.0 Å². The lowest BCUT2D eigenvalue weighted by Gasteiger charge is -2.41. The minimum absolute atomic E-state index is 0.210. The van der Waals surface area contributed by atoms with Crippen molar-refractivity contribution in [2.75, 3.05) is 12.3 Å². The summed E-state index contributed by atoms with van der Waals surface area (Å²) in [6, 6.07) is 2.04. The summed E-state index contributed by atoms with van der Waals surface area (Å²) in [7, 11) is -3.49. The molecule has 0 radical (unpaired) electrons. The summed E-state index contributed by atoms with van der Waals surface area (Å²) in [6.07, 6.45) is -4.56. The van der Waals surface area contributed by atoms with Crippen molar-refractivity contribution < 1.29 is 41.1 Å². The number of likely N-dealkylation sites (tertiary alicyclic amines) is 1. The molecule has 9 nitrogen and oxygen atoms in total. The highest BCUT2D eigenvalue weighted by molar-refractivity contribution is 7.91. The number of sulfone groups is 1. The first-order valence-electron chi connectivity index (χ1n) is 11.7. The number of amides is 3. The quantitative estimate of drug-likeness (QED) is 0.494. The molecule has 13 heteroatoms. The van der Waals surface area contributed by atoms with Crippen LogP contribution in [0.2, 0.25) is 0 Å². The molecule has 1 heterocycles. The fraction of sp³-hybridized carbons (Fsp3) is 0.609. The minimum atomic E-state index is -4.62. The third-order valence-corrected chi connectivity index (χ3v) is 9.16. The van der Waals surface area contributed by atoms with E-state index in [0.717, 1.165) is 18.2 Å². The van der Waals surface area contributed by atoms with Crippen molar-refractivity contribution in [3.63, 3.8) is 0 Å². The number of nitrogens with zero attached hydrogens (tertiary/aromatic N) is 1. The number of alkyl halides is 3. The number of nitrogens with one attached hydrogen (secondary N) is 2. The fourth-order valence-corrected chi connectivity index (χ4v) is 6.22. The number of hydrogen-bond acceptors (Lipinski definition) is 5. The van der Waals surface area contributed by atoms with Crippen LogP contribution in [0.5, 0.6) is 0 Å². The van der Waals surface area contributed by atoms with E-state index in [9.17, 15) is 36.0 Å². The third-order valence-electron chi connectivity index (χ3n) is 6.83. The Morgan fingerprint density at radius 1 is 1.17 bits per heavy atom. The number of rotatable bonds is 7. The summed E-state index contributed by atoms with van der Waals surface area (Å²) in [4.78, 5) is 38.4. The van der Waals surface area contributed by atoms with Gasteiger partial charge in [0.05, 0.1) is 16.6 Å². The highest BCUT2D eigenvalue weighted by atomic mass is 32.2. The molecule has 200 valence electrons. The van der Waals surface area contributed by atoms with Gasteiger partial charge in [-0.3, -0.25) is 9.59 Å². The van der Waals surface area contributed by atoms with Gasteiger partial charge in [0.15, 0.2) is 9.84 Å². The van der Waals surface area contributed by atoms with E-state index >= 15 is 0 Å². The van der Waals surface area contributed by atoms with E-state index in [4.69, 9.17) is 5.11 Å². The number of benzene rings is 1. The lowest BCUT2D eigenvalue weighted by molar-refractivity contribution is -0.137. The highest BCUT2D eigenvalue weighted by Crippen LogP contribution is 2.34. The van der Waals surface area contributed by atoms with Crippen LogP contribution < -0.4 is 10.6 Å². The molecule has 1 saturated heterocycles. The number of carbonyl (C=O) groups excluding carboxylic acids is 2. The molecule has 1 aromatic rings. The molecule has 0 bridgehead atoms. The monoisotopic (exact) mass is 533 g/mol. The molecule has 0 unspecified atom stereocenters. The molecule has 2 fully saturated rings. The van der Waals surface area contributed by atoms with Gasteiger partial charge in [-0.25, -0.2) is 13.2 Å². The molecule has 1 aliphatic heterocycles. The zero-order valence-electron chi connectivity index (χ0n) is 19.9. The van der Waals surface area contributed by atoms with Gasteiger partial charge in [-0.2, -0.15) is 13.2 Å². The fourth-order valence-electron chi connectivity index (χ4n) is 4.88. The van der Waals surface area contributed by atoms with Crippen molar-refractivity contribution in [2.45, 2.75) is 69.1 Å². The van der Waals surface area contributed by atoms with Gasteiger partial charge in [0, 0.05) is 24.2 Å². The summed E-state index contributed by atoms with van der Waals surface area (Å²) in [5, 5.41) is 13.3. The molecule has 1 aliphatic carbocycles. The van der Waals surface area contributed by atoms with Crippen LogP contribution in [0.3, 0.4) is 0 Å². The van der Waals surface area contributed by atoms with Gasteiger partial charge in [-0.15, -0.1) is 0 Å². The molecule has 1 aromatic carbocycles. The number of carboxylic acid groups (broad SMARTS) is 1. The molecule has 36 heavy (non-hydrogen) atoms. The van der Waals surface area contributed by atoms with Crippen LogP contribution in [0.15, 0.2) is 24.3 Å². The van der Waals surface area contributed by atoms with E-state index < -0.39 is 68.8 Å². The van der Waals surface area contributed by atoms with E-state index in [-0.39, 0.29) is 30.7 Å². The van der Waals surface area contributed by atoms with Crippen molar-refractivity contribution in [1.82, 2.24) is 15.5 Å². The van der Waals surface area contributed by atoms with Crippen LogP contribution in [-0.2, 0) is 20.8 Å². The molecule has 3 rings (SSSR count). The van der Waals surface area contributed by atoms with Gasteiger partial charge in [0.25, 0.3) is 5.91 Å². The van der Waals surface area contributed by atoms with E-state index in [2.05, 4.69) is 10.6 Å². The van der Waals surface area contributed by atoms with Crippen molar-refractivity contribution in [2.24, 2.45) is 5.92 Å². The van der Waals surface area contributed by atoms with Gasteiger partial charge in [-0.05, 0) is 63.6 Å². The predicted octanol–water partition coefficient (Wildman–Crippen LogP) is 2.66. The zero-order chi connectivity index (χ0) is 26.8. The van der Waals surface area contributed by atoms with Crippen LogP contribution in [0, 0.1) is 5.92 Å². The molecular formula is C23H30F3N3O6S. The summed E-state index contributed by atoms with van der Waals surface area (Å²) < 4.78 is 64.3. The van der Waals surface area contributed by atoms with Crippen LogP contribution in [0.1, 0.15) is 55.5 Å². The number of carbonyl (C=O) groups is 3. The average Bonchev–Trinajstić information content (AvgIpc) is 3.12. The molecule has 0 spiro atoms. The Morgan fingerprint density at radius 2 is 1.86 bits per heavy atom. The molecule has 2 aliphatic rings. The zero-order valence-corrected chi connectivity index (χ0v) is 20.7. The SMILES string of the molecule is CC(C)S(=O)(=O)C[C@@H]1C[C@H](NC(=O)O)CC[C@@H]1N1CC[C@H](NC(=O)c2cccc(C(F)(F)F)c2)C1=O. The Kier molecular flexibility index (Phi) is 8.21. The van der Waals surface area contributed by atoms with E-state index in [1.165, 1.54) is 11.0 Å². The number of hydrogen-bond donors (Lipinski definition) is 3. The second-order valence-corrected chi connectivity index (χ2v) is 12.2. The van der Waals surface area contributed by atoms with Crippen LogP contribution in [0.4, 0.5) is 18.0 Å². The molecule has 3 amide bonds. The Bertz CT molecular complexity index is 1110. The first-order chi connectivity index (χ1) is 16.7. The van der Waals surface area contributed by atoms with Gasteiger partial charge in [-0.1, -0.05) is 6.07 Å². The molecule has 0 aromatic heterocycles. The molecule has 4 atom stereocenters. The van der Waals surface area contributed by atoms with E-state index in [1.54, 1.807) is 13.8 Å². The second kappa shape index (κ2) is 10.7. The third kappa shape index (κ3) is 6.48. The van der Waals surface area contributed by atoms with Gasteiger partial charge in [0.1, 0.15) is 6.04 Å². The van der Waals surface area contributed by atoms with E-state index in [1.807, 2.05) is 0 Å². The largest absolute Gasteiger partial charge is 0.465 e. The summed E-state index contributed by atoms with van der Waals surface area (Å²) in [5.41, 5.74) is -1.20. The maximum atomic E-state index is 13.2. The maximum absolute atomic E-state index is 13.2. The average molecular weight is 534 g/mol. The second-order valence-electron chi connectivity index (χ2n) is 9.59. The smallest absolute Gasteiger partial charge is 0.416 e. The van der Waals surface area contributed by atoms with Crippen molar-refractivity contribution in [3.05, 3.63) is 35.4 Å².